The second-order valence-corrected chi connectivity index (χ2v) is 5.87. The lowest BCUT2D eigenvalue weighted by Gasteiger charge is -2.05. The number of nitrogens with zero attached hydrogens (tertiary/aromatic N) is 1. The first-order chi connectivity index (χ1) is 10.0. The number of furan rings is 1. The number of hydrogen-bond acceptors (Lipinski definition) is 5. The maximum Gasteiger partial charge on any atom is 0.276 e. The van der Waals surface area contributed by atoms with E-state index < -0.39 is 10.0 Å². The number of nitrogens with one attached hydrogen (secondary N) is 1. The van der Waals surface area contributed by atoms with E-state index >= 15 is 0 Å². The quantitative estimate of drug-likeness (QED) is 0.656. The fraction of sp³-hybridized carbons (Fsp3) is 0.214. The van der Waals surface area contributed by atoms with E-state index in [-0.39, 0.29) is 4.90 Å². The Morgan fingerprint density at radius 1 is 1.24 bits per heavy atom. The first kappa shape index (κ1) is 15.1. The largest absolute Gasteiger partial charge is 0.494 e. The van der Waals surface area contributed by atoms with Gasteiger partial charge in [0, 0.05) is 0 Å². The average molecular weight is 308 g/mol. The van der Waals surface area contributed by atoms with E-state index in [4.69, 9.17) is 9.15 Å². The Hall–Kier alpha value is -2.28. The van der Waals surface area contributed by atoms with Crippen LogP contribution in [0.3, 0.4) is 0 Å². The molecule has 0 saturated carbocycles. The molecule has 0 fully saturated rings. The summed E-state index contributed by atoms with van der Waals surface area (Å²) in [6, 6.07) is 9.57. The van der Waals surface area contributed by atoms with Crippen LogP contribution in [0.5, 0.6) is 5.75 Å². The lowest BCUT2D eigenvalue weighted by atomic mass is 10.3. The van der Waals surface area contributed by atoms with E-state index in [1.54, 1.807) is 31.2 Å². The molecule has 0 aliphatic rings. The van der Waals surface area contributed by atoms with E-state index in [1.165, 1.54) is 18.3 Å². The number of rotatable bonds is 6. The van der Waals surface area contributed by atoms with Gasteiger partial charge in [-0.3, -0.25) is 0 Å². The number of ether oxygens (including phenoxy) is 1. The molecule has 1 heterocycles. The molecule has 2 rings (SSSR count). The Morgan fingerprint density at radius 3 is 2.52 bits per heavy atom. The van der Waals surface area contributed by atoms with Crippen LogP contribution >= 0.6 is 0 Å². The molecule has 0 unspecified atom stereocenters. The zero-order valence-corrected chi connectivity index (χ0v) is 12.6. The predicted octanol–water partition coefficient (Wildman–Crippen LogP) is 2.30. The minimum Gasteiger partial charge on any atom is -0.494 e. The summed E-state index contributed by atoms with van der Waals surface area (Å²) in [7, 11) is -3.70. The molecule has 2 aromatic rings. The molecule has 1 aromatic heterocycles. The summed E-state index contributed by atoms with van der Waals surface area (Å²) in [6.07, 6.45) is 1.30. The van der Waals surface area contributed by atoms with Gasteiger partial charge in [-0.05, 0) is 50.2 Å². The van der Waals surface area contributed by atoms with E-state index in [0.29, 0.717) is 18.1 Å². The van der Waals surface area contributed by atoms with Crippen molar-refractivity contribution < 1.29 is 17.6 Å². The highest BCUT2D eigenvalue weighted by Crippen LogP contribution is 2.15. The minimum absolute atomic E-state index is 0.110. The molecule has 1 N–H and O–H groups in total. The minimum atomic E-state index is -3.70. The van der Waals surface area contributed by atoms with E-state index in [2.05, 4.69) is 9.93 Å². The summed E-state index contributed by atoms with van der Waals surface area (Å²) < 4.78 is 34.5. The van der Waals surface area contributed by atoms with Crippen molar-refractivity contribution in [2.24, 2.45) is 5.10 Å². The molecule has 0 spiro atoms. The van der Waals surface area contributed by atoms with Crippen LogP contribution in [0, 0.1) is 6.92 Å². The molecule has 0 aliphatic carbocycles. The molecule has 0 radical (unpaired) electrons. The lowest BCUT2D eigenvalue weighted by Crippen LogP contribution is -2.18. The summed E-state index contributed by atoms with van der Waals surface area (Å²) in [5.74, 6) is 1.82. The Labute approximate surface area is 123 Å². The Balaban J connectivity index is 2.05. The maximum atomic E-state index is 12.0. The summed E-state index contributed by atoms with van der Waals surface area (Å²) in [5.41, 5.74) is 0. The SMILES string of the molecule is CCOc1ccc(S(=O)(=O)N/N=C/c2ccc(C)o2)cc1. The van der Waals surface area contributed by atoms with Gasteiger partial charge < -0.3 is 9.15 Å². The van der Waals surface area contributed by atoms with E-state index in [1.807, 2.05) is 6.92 Å². The first-order valence-electron chi connectivity index (χ1n) is 6.35. The molecule has 21 heavy (non-hydrogen) atoms. The van der Waals surface area contributed by atoms with Crippen molar-refractivity contribution in [1.82, 2.24) is 4.83 Å². The van der Waals surface area contributed by atoms with Gasteiger partial charge in [0.15, 0.2) is 0 Å². The van der Waals surface area contributed by atoms with Crippen molar-refractivity contribution >= 4 is 16.2 Å². The van der Waals surface area contributed by atoms with Gasteiger partial charge >= 0.3 is 0 Å². The van der Waals surface area contributed by atoms with E-state index in [9.17, 15) is 8.42 Å². The molecule has 6 nitrogen and oxygen atoms in total. The third-order valence-electron chi connectivity index (χ3n) is 2.57. The van der Waals surface area contributed by atoms with Crippen molar-refractivity contribution in [3.8, 4) is 5.75 Å². The molecule has 0 atom stereocenters. The van der Waals surface area contributed by atoms with Crippen LogP contribution in [0.25, 0.3) is 0 Å². The number of aryl methyl sites for hydroxylation is 1. The van der Waals surface area contributed by atoms with Crippen LogP contribution in [-0.2, 0) is 10.0 Å². The average Bonchev–Trinajstić information content (AvgIpc) is 2.85. The first-order valence-corrected chi connectivity index (χ1v) is 7.84. The van der Waals surface area contributed by atoms with Crippen LogP contribution in [-0.4, -0.2) is 21.2 Å². The second kappa shape index (κ2) is 6.45. The van der Waals surface area contributed by atoms with Crippen LogP contribution < -0.4 is 9.57 Å². The predicted molar refractivity (Wildman–Crippen MR) is 79.0 cm³/mol. The fourth-order valence-electron chi connectivity index (χ4n) is 1.62. The van der Waals surface area contributed by atoms with Gasteiger partial charge in [0.2, 0.25) is 0 Å². The van der Waals surface area contributed by atoms with Gasteiger partial charge in [-0.2, -0.15) is 18.4 Å². The third-order valence-corrected chi connectivity index (χ3v) is 3.81. The molecule has 0 bridgehead atoms. The van der Waals surface area contributed by atoms with Gasteiger partial charge in [-0.1, -0.05) is 0 Å². The highest BCUT2D eigenvalue weighted by molar-refractivity contribution is 7.89. The van der Waals surface area contributed by atoms with Crippen LogP contribution in [0.2, 0.25) is 0 Å². The highest BCUT2D eigenvalue weighted by Gasteiger charge is 2.12. The van der Waals surface area contributed by atoms with Crippen LogP contribution in [0.4, 0.5) is 0 Å². The number of benzene rings is 1. The van der Waals surface area contributed by atoms with Crippen molar-refractivity contribution in [2.45, 2.75) is 18.7 Å². The normalized spacial score (nSPS) is 11.7. The third kappa shape index (κ3) is 4.09. The zero-order valence-electron chi connectivity index (χ0n) is 11.7. The zero-order chi connectivity index (χ0) is 15.3. The fourth-order valence-corrected chi connectivity index (χ4v) is 2.41. The molecule has 1 aromatic carbocycles. The van der Waals surface area contributed by atoms with Crippen molar-refractivity contribution in [3.63, 3.8) is 0 Å². The van der Waals surface area contributed by atoms with E-state index in [0.717, 1.165) is 5.76 Å². The smallest absolute Gasteiger partial charge is 0.276 e. The number of sulfonamides is 1. The molecule has 0 amide bonds. The molecular weight excluding hydrogens is 292 g/mol. The van der Waals surface area contributed by atoms with Crippen LogP contribution in [0.15, 0.2) is 50.8 Å². The number of hydrazone groups is 1. The molecule has 0 saturated heterocycles. The summed E-state index contributed by atoms with van der Waals surface area (Å²) in [5, 5.41) is 3.67. The Morgan fingerprint density at radius 2 is 1.95 bits per heavy atom. The molecule has 112 valence electrons. The topological polar surface area (TPSA) is 80.9 Å². The summed E-state index contributed by atoms with van der Waals surface area (Å²) in [4.78, 5) is 2.24. The molecule has 7 heteroatoms. The van der Waals surface area contributed by atoms with Crippen molar-refractivity contribution in [2.75, 3.05) is 6.61 Å². The maximum absolute atomic E-state index is 12.0. The van der Waals surface area contributed by atoms with Crippen molar-refractivity contribution in [3.05, 3.63) is 47.9 Å². The second-order valence-electron chi connectivity index (χ2n) is 4.21. The summed E-state index contributed by atoms with van der Waals surface area (Å²) >= 11 is 0. The van der Waals surface area contributed by atoms with Gasteiger partial charge in [0.25, 0.3) is 10.0 Å². The standard InChI is InChI=1S/C14H16N2O4S/c1-3-19-12-6-8-14(9-7-12)21(17,18)16-15-10-13-5-4-11(2)20-13/h4-10,16H,3H2,1-2H3/b15-10+. The Kier molecular flexibility index (Phi) is 4.64. The van der Waals surface area contributed by atoms with Crippen LogP contribution in [0.1, 0.15) is 18.4 Å². The van der Waals surface area contributed by atoms with Gasteiger partial charge in [0.05, 0.1) is 17.7 Å². The highest BCUT2D eigenvalue weighted by atomic mass is 32.2. The lowest BCUT2D eigenvalue weighted by molar-refractivity contribution is 0.340. The molecular formula is C14H16N2O4S. The Bertz CT molecular complexity index is 718. The summed E-state index contributed by atoms with van der Waals surface area (Å²) in [6.45, 7) is 4.18. The molecule has 0 aliphatic heterocycles. The monoisotopic (exact) mass is 308 g/mol. The van der Waals surface area contributed by atoms with Gasteiger partial charge in [0.1, 0.15) is 17.3 Å². The number of hydrogen-bond donors (Lipinski definition) is 1. The van der Waals surface area contributed by atoms with Gasteiger partial charge in [-0.25, -0.2) is 0 Å². The van der Waals surface area contributed by atoms with Gasteiger partial charge in [-0.15, -0.1) is 0 Å². The van der Waals surface area contributed by atoms with Crippen molar-refractivity contribution in [1.29, 1.82) is 0 Å².